The second-order valence-corrected chi connectivity index (χ2v) is 3.51. The summed E-state index contributed by atoms with van der Waals surface area (Å²) in [6.45, 7) is 1.53. The normalized spacial score (nSPS) is 12.4. The first-order valence-electron chi connectivity index (χ1n) is 2.71. The third-order valence-corrected chi connectivity index (χ3v) is 1.98. The van der Waals surface area contributed by atoms with Crippen LogP contribution in [0.25, 0.3) is 0 Å². The summed E-state index contributed by atoms with van der Waals surface area (Å²) >= 11 is 0. The number of hydrogen-bond acceptors (Lipinski definition) is 5. The molecule has 0 fully saturated rings. The zero-order valence-electron chi connectivity index (χ0n) is 6.44. The third kappa shape index (κ3) is 4.41. The fourth-order valence-corrected chi connectivity index (χ4v) is 0.905. The molecule has 0 spiro atoms. The van der Waals surface area contributed by atoms with E-state index in [-0.39, 0.29) is 36.0 Å². The van der Waals surface area contributed by atoms with Crippen molar-refractivity contribution in [1.29, 1.82) is 0 Å². The molecular weight excluding hydrogens is 183 g/mol. The van der Waals surface area contributed by atoms with E-state index in [1.54, 1.807) is 0 Å². The second-order valence-electron chi connectivity index (χ2n) is 1.95. The standard InChI is InChI=1S/C4H10O5S.Na/c1-2-3-4(5,6)10(7,8)9;/h5-6H,2-3H2,1H3,(H,7,8,9);/q;+1/p-1. The van der Waals surface area contributed by atoms with Gasteiger partial charge in [-0.2, -0.15) is 0 Å². The summed E-state index contributed by atoms with van der Waals surface area (Å²) in [5.74, 6) is 0. The van der Waals surface area contributed by atoms with Crippen molar-refractivity contribution in [2.75, 3.05) is 0 Å². The van der Waals surface area contributed by atoms with E-state index in [2.05, 4.69) is 0 Å². The zero-order valence-corrected chi connectivity index (χ0v) is 9.26. The Bertz CT molecular complexity index is 197. The molecule has 0 saturated heterocycles. The topological polar surface area (TPSA) is 97.7 Å². The summed E-state index contributed by atoms with van der Waals surface area (Å²) in [6.07, 6.45) is -0.243. The van der Waals surface area contributed by atoms with Crippen LogP contribution in [0.2, 0.25) is 0 Å². The van der Waals surface area contributed by atoms with Crippen LogP contribution in [0.15, 0.2) is 0 Å². The van der Waals surface area contributed by atoms with Gasteiger partial charge in [0.05, 0.1) is 0 Å². The molecule has 62 valence electrons. The summed E-state index contributed by atoms with van der Waals surface area (Å²) in [4.78, 5) is 0. The van der Waals surface area contributed by atoms with Gasteiger partial charge in [-0.25, -0.2) is 8.42 Å². The Hall–Kier alpha value is 0.830. The van der Waals surface area contributed by atoms with Crippen molar-refractivity contribution in [1.82, 2.24) is 0 Å². The molecule has 0 unspecified atom stereocenters. The van der Waals surface area contributed by atoms with Crippen molar-refractivity contribution in [2.24, 2.45) is 0 Å². The Kier molecular flexibility index (Phi) is 6.21. The van der Waals surface area contributed by atoms with Gasteiger partial charge >= 0.3 is 29.6 Å². The van der Waals surface area contributed by atoms with Gasteiger partial charge in [0.1, 0.15) is 0 Å². The maximum Gasteiger partial charge on any atom is 1.00 e. The van der Waals surface area contributed by atoms with Gasteiger partial charge in [-0.3, -0.25) is 0 Å². The molecule has 0 aliphatic heterocycles. The van der Waals surface area contributed by atoms with E-state index in [1.807, 2.05) is 0 Å². The minimum atomic E-state index is -5.00. The predicted molar refractivity (Wildman–Crippen MR) is 31.8 cm³/mol. The average molecular weight is 192 g/mol. The summed E-state index contributed by atoms with van der Waals surface area (Å²) in [5, 5.41) is 13.9. The average Bonchev–Trinajstić information content (AvgIpc) is 1.61. The van der Waals surface area contributed by atoms with Crippen molar-refractivity contribution >= 4 is 10.1 Å². The number of aliphatic hydroxyl groups is 2. The first kappa shape index (κ1) is 14.4. The molecule has 0 radical (unpaired) electrons. The van der Waals surface area contributed by atoms with Crippen LogP contribution in [0.4, 0.5) is 0 Å². The van der Waals surface area contributed by atoms with E-state index >= 15 is 0 Å². The van der Waals surface area contributed by atoms with Gasteiger partial charge in [-0.05, 0) is 6.42 Å². The van der Waals surface area contributed by atoms with Crippen molar-refractivity contribution in [3.63, 3.8) is 0 Å². The van der Waals surface area contributed by atoms with Crippen LogP contribution in [0.1, 0.15) is 19.8 Å². The molecule has 0 aliphatic carbocycles. The van der Waals surface area contributed by atoms with Crippen molar-refractivity contribution in [2.45, 2.75) is 24.9 Å². The predicted octanol–water partition coefficient (Wildman–Crippen LogP) is -4.03. The first-order valence-corrected chi connectivity index (χ1v) is 4.12. The molecular formula is C4H9NaO5S. The van der Waals surface area contributed by atoms with E-state index in [4.69, 9.17) is 10.2 Å². The van der Waals surface area contributed by atoms with E-state index in [9.17, 15) is 13.0 Å². The maximum absolute atomic E-state index is 9.99. The molecule has 0 rings (SSSR count). The molecule has 2 N–H and O–H groups in total. The molecule has 11 heavy (non-hydrogen) atoms. The molecule has 0 amide bonds. The Labute approximate surface area is 87.5 Å². The Morgan fingerprint density at radius 3 is 1.91 bits per heavy atom. The van der Waals surface area contributed by atoms with Gasteiger partial charge in [0, 0.05) is 6.42 Å². The van der Waals surface area contributed by atoms with Gasteiger partial charge in [0.15, 0.2) is 10.1 Å². The van der Waals surface area contributed by atoms with Crippen LogP contribution in [0, 0.1) is 0 Å². The second kappa shape index (κ2) is 4.76. The minimum Gasteiger partial charge on any atom is -0.744 e. The maximum atomic E-state index is 9.99. The zero-order chi connectivity index (χ0) is 8.41. The van der Waals surface area contributed by atoms with Crippen LogP contribution in [0.3, 0.4) is 0 Å². The minimum absolute atomic E-state index is 0. The summed E-state index contributed by atoms with van der Waals surface area (Å²) < 4.78 is 30.0. The van der Waals surface area contributed by atoms with Gasteiger partial charge in [0.25, 0.3) is 5.12 Å². The first-order chi connectivity index (χ1) is 4.31. The molecule has 0 aromatic carbocycles. The van der Waals surface area contributed by atoms with Crippen molar-refractivity contribution < 1.29 is 52.7 Å². The molecule has 0 aromatic heterocycles. The number of hydrogen-bond donors (Lipinski definition) is 2. The van der Waals surface area contributed by atoms with Gasteiger partial charge in [-0.1, -0.05) is 6.92 Å². The van der Waals surface area contributed by atoms with Crippen molar-refractivity contribution in [3.8, 4) is 0 Å². The summed E-state index contributed by atoms with van der Waals surface area (Å²) in [6, 6.07) is 0. The van der Waals surface area contributed by atoms with Gasteiger partial charge in [-0.15, -0.1) is 0 Å². The van der Waals surface area contributed by atoms with E-state index < -0.39 is 21.7 Å². The van der Waals surface area contributed by atoms with Crippen LogP contribution < -0.4 is 29.6 Å². The van der Waals surface area contributed by atoms with Gasteiger partial charge in [0.2, 0.25) is 0 Å². The Morgan fingerprint density at radius 2 is 1.82 bits per heavy atom. The quantitative estimate of drug-likeness (QED) is 0.269. The molecule has 0 heterocycles. The Morgan fingerprint density at radius 1 is 1.45 bits per heavy atom. The van der Waals surface area contributed by atoms with Gasteiger partial charge < -0.3 is 14.8 Å². The molecule has 0 bridgehead atoms. The summed E-state index contributed by atoms with van der Waals surface area (Å²) in [5.41, 5.74) is 0. The molecule has 0 aliphatic rings. The SMILES string of the molecule is CCCC(O)(O)S(=O)(=O)[O-].[Na+]. The fourth-order valence-electron chi connectivity index (χ4n) is 0.451. The summed E-state index contributed by atoms with van der Waals surface area (Å²) in [7, 11) is -5.00. The monoisotopic (exact) mass is 192 g/mol. The molecule has 0 atom stereocenters. The smallest absolute Gasteiger partial charge is 0.744 e. The van der Waals surface area contributed by atoms with Crippen LogP contribution in [0.5, 0.6) is 0 Å². The van der Waals surface area contributed by atoms with Crippen LogP contribution in [-0.4, -0.2) is 28.3 Å². The molecule has 0 saturated carbocycles. The van der Waals surface area contributed by atoms with E-state index in [0.29, 0.717) is 0 Å². The fraction of sp³-hybridized carbons (Fsp3) is 1.00. The van der Waals surface area contributed by atoms with Crippen LogP contribution in [-0.2, 0) is 10.1 Å². The molecule has 0 aromatic rings. The number of rotatable bonds is 3. The van der Waals surface area contributed by atoms with E-state index in [0.717, 1.165) is 0 Å². The third-order valence-electron chi connectivity index (χ3n) is 0.976. The Balaban J connectivity index is 0. The largest absolute Gasteiger partial charge is 1.00 e. The molecule has 7 heteroatoms. The van der Waals surface area contributed by atoms with Crippen molar-refractivity contribution in [3.05, 3.63) is 0 Å². The van der Waals surface area contributed by atoms with Crippen LogP contribution >= 0.6 is 0 Å². The van der Waals surface area contributed by atoms with E-state index in [1.165, 1.54) is 6.92 Å². The molecule has 5 nitrogen and oxygen atoms in total.